The number of nitrogens with zero attached hydrogens (tertiary/aromatic N) is 3. The van der Waals surface area contributed by atoms with E-state index >= 15 is 0 Å². The molecular weight excluding hydrogens is 461 g/mol. The maximum Gasteiger partial charge on any atom is 4.00 e. The van der Waals surface area contributed by atoms with Gasteiger partial charge in [-0.3, -0.25) is 0 Å². The zero-order valence-corrected chi connectivity index (χ0v) is 21.1. The van der Waals surface area contributed by atoms with Crippen molar-refractivity contribution in [1.29, 1.82) is 0 Å². The molecule has 3 nitrogen and oxygen atoms in total. The van der Waals surface area contributed by atoms with Gasteiger partial charge in [0.05, 0.1) is 0 Å². The standard InChI is InChI=1S/C8H11.3C4H10N.Hf/c1-7(2)8-5-3-4-6-8;3*1-3-5-4-2;/h3-7H,1-2H3;3*3-4H2,1-2H3;/q4*-1;+4. The molecule has 0 atom stereocenters. The van der Waals surface area contributed by atoms with Crippen molar-refractivity contribution in [3.63, 3.8) is 0 Å². The van der Waals surface area contributed by atoms with Gasteiger partial charge < -0.3 is 16.0 Å². The van der Waals surface area contributed by atoms with E-state index in [-0.39, 0.29) is 25.8 Å². The molecule has 0 bridgehead atoms. The Hall–Kier alpha value is 0.100. The minimum Gasteiger partial charge on any atom is -0.663 e. The van der Waals surface area contributed by atoms with Crippen molar-refractivity contribution in [2.24, 2.45) is 0 Å². The molecule has 0 aromatic heterocycles. The Bertz CT molecular complexity index is 242. The molecule has 0 heterocycles. The summed E-state index contributed by atoms with van der Waals surface area (Å²) in [5.74, 6) is 0.685. The van der Waals surface area contributed by atoms with Crippen molar-refractivity contribution < 1.29 is 25.8 Å². The maximum absolute atomic E-state index is 3.97. The van der Waals surface area contributed by atoms with Crippen molar-refractivity contribution in [3.8, 4) is 0 Å². The van der Waals surface area contributed by atoms with E-state index in [2.05, 4.69) is 54.1 Å². The SMILES string of the molecule is CC(C)[c-]1cccc1.CC[N-]CC.CC[N-]CC.CC[N-]CC.[Hf+4]. The van der Waals surface area contributed by atoms with Gasteiger partial charge >= 0.3 is 25.8 Å². The Morgan fingerprint density at radius 1 is 0.625 bits per heavy atom. The van der Waals surface area contributed by atoms with E-state index in [1.807, 2.05) is 41.5 Å². The summed E-state index contributed by atoms with van der Waals surface area (Å²) in [7, 11) is 0. The summed E-state index contributed by atoms with van der Waals surface area (Å²) in [4.78, 5) is 0. The van der Waals surface area contributed by atoms with Gasteiger partial charge in [0.2, 0.25) is 0 Å². The molecule has 0 fully saturated rings. The second kappa shape index (κ2) is 30.9. The number of rotatable bonds is 7. The van der Waals surface area contributed by atoms with Crippen LogP contribution in [0, 0.1) is 0 Å². The Morgan fingerprint density at radius 3 is 0.958 bits per heavy atom. The second-order valence-electron chi connectivity index (χ2n) is 4.94. The summed E-state index contributed by atoms with van der Waals surface area (Å²) in [6.45, 7) is 22.5. The van der Waals surface area contributed by atoms with Gasteiger partial charge in [-0.05, 0) is 0 Å². The van der Waals surface area contributed by atoms with Crippen molar-refractivity contribution in [1.82, 2.24) is 0 Å². The van der Waals surface area contributed by atoms with Gasteiger partial charge in [0.1, 0.15) is 0 Å². The predicted octanol–water partition coefficient (Wildman–Crippen LogP) is 6.73. The fourth-order valence-electron chi connectivity index (χ4n) is 1.44. The zero-order chi connectivity index (χ0) is 18.3. The van der Waals surface area contributed by atoms with Gasteiger partial charge in [0, 0.05) is 0 Å². The average Bonchev–Trinajstić information content (AvgIpc) is 3.06. The van der Waals surface area contributed by atoms with Gasteiger partial charge in [-0.25, -0.2) is 12.1 Å². The van der Waals surface area contributed by atoms with E-state index in [0.29, 0.717) is 5.92 Å². The van der Waals surface area contributed by atoms with Gasteiger partial charge in [0.25, 0.3) is 0 Å². The topological polar surface area (TPSA) is 42.3 Å². The molecule has 0 aliphatic carbocycles. The summed E-state index contributed by atoms with van der Waals surface area (Å²) < 4.78 is 0. The van der Waals surface area contributed by atoms with Gasteiger partial charge in [-0.2, -0.15) is 57.0 Å². The molecule has 1 aromatic carbocycles. The Labute approximate surface area is 171 Å². The first-order chi connectivity index (χ1) is 11.0. The van der Waals surface area contributed by atoms with Crippen LogP contribution >= 0.6 is 0 Å². The Kier molecular flexibility index (Phi) is 41.0. The van der Waals surface area contributed by atoms with E-state index in [1.165, 1.54) is 5.56 Å². The molecule has 0 amide bonds. The molecule has 1 aromatic rings. The fraction of sp³-hybridized carbons (Fsp3) is 0.750. The van der Waals surface area contributed by atoms with E-state index in [4.69, 9.17) is 0 Å². The largest absolute Gasteiger partial charge is 4.00 e. The van der Waals surface area contributed by atoms with Crippen LogP contribution in [0.2, 0.25) is 0 Å². The van der Waals surface area contributed by atoms with Gasteiger partial charge in [0.15, 0.2) is 0 Å². The molecule has 0 aliphatic heterocycles. The summed E-state index contributed by atoms with van der Waals surface area (Å²) in [5.41, 5.74) is 1.44. The number of hydrogen-bond acceptors (Lipinski definition) is 0. The van der Waals surface area contributed by atoms with Crippen LogP contribution in [-0.4, -0.2) is 39.3 Å². The summed E-state index contributed by atoms with van der Waals surface area (Å²) in [6.07, 6.45) is 0. The maximum atomic E-state index is 3.97. The van der Waals surface area contributed by atoms with Crippen molar-refractivity contribution in [2.45, 2.75) is 61.3 Å². The monoisotopic (exact) mass is 503 g/mol. The van der Waals surface area contributed by atoms with Gasteiger partial charge in [-0.1, -0.05) is 61.3 Å². The first-order valence-electron chi connectivity index (χ1n) is 9.16. The van der Waals surface area contributed by atoms with Crippen molar-refractivity contribution in [3.05, 3.63) is 45.8 Å². The quantitative estimate of drug-likeness (QED) is 0.294. The van der Waals surface area contributed by atoms with E-state index < -0.39 is 0 Å². The fourth-order valence-corrected chi connectivity index (χ4v) is 1.44. The summed E-state index contributed by atoms with van der Waals surface area (Å²) >= 11 is 0. The van der Waals surface area contributed by atoms with E-state index in [9.17, 15) is 0 Å². The molecule has 0 N–H and O–H groups in total. The van der Waals surface area contributed by atoms with Crippen LogP contribution in [-0.2, 0) is 25.8 Å². The van der Waals surface area contributed by atoms with Crippen molar-refractivity contribution >= 4 is 0 Å². The molecule has 0 aliphatic rings. The average molecular weight is 502 g/mol. The molecule has 1 rings (SSSR count). The smallest absolute Gasteiger partial charge is 0.663 e. The van der Waals surface area contributed by atoms with Crippen LogP contribution in [0.5, 0.6) is 0 Å². The first kappa shape index (κ1) is 31.8. The third kappa shape index (κ3) is 33.6. The molecule has 0 radical (unpaired) electrons. The minimum absolute atomic E-state index is 0. The van der Waals surface area contributed by atoms with Crippen LogP contribution in [0.1, 0.15) is 66.9 Å². The molecule has 24 heavy (non-hydrogen) atoms. The molecular formula is C20H41HfN3. The summed E-state index contributed by atoms with van der Waals surface area (Å²) in [6, 6.07) is 8.47. The molecule has 0 saturated heterocycles. The second-order valence-corrected chi connectivity index (χ2v) is 4.94. The van der Waals surface area contributed by atoms with Gasteiger partial charge in [-0.15, -0.1) is 0 Å². The third-order valence-electron chi connectivity index (χ3n) is 2.70. The molecule has 4 heteroatoms. The van der Waals surface area contributed by atoms with Crippen LogP contribution in [0.3, 0.4) is 0 Å². The van der Waals surface area contributed by atoms with Crippen molar-refractivity contribution in [2.75, 3.05) is 39.3 Å². The number of hydrogen-bond donors (Lipinski definition) is 0. The molecule has 0 spiro atoms. The Morgan fingerprint density at radius 2 is 0.875 bits per heavy atom. The zero-order valence-electron chi connectivity index (χ0n) is 17.5. The normalized spacial score (nSPS) is 8.71. The molecule has 140 valence electrons. The minimum atomic E-state index is 0. The van der Waals surface area contributed by atoms with Crippen LogP contribution in [0.25, 0.3) is 16.0 Å². The van der Waals surface area contributed by atoms with Crippen LogP contribution < -0.4 is 0 Å². The van der Waals surface area contributed by atoms with Crippen LogP contribution in [0.4, 0.5) is 0 Å². The summed E-state index contributed by atoms with van der Waals surface area (Å²) in [5, 5.41) is 11.9. The predicted molar refractivity (Wildman–Crippen MR) is 109 cm³/mol. The van der Waals surface area contributed by atoms with E-state index in [1.54, 1.807) is 0 Å². The molecule has 0 saturated carbocycles. The molecule has 0 unspecified atom stereocenters. The third-order valence-corrected chi connectivity index (χ3v) is 2.70. The van der Waals surface area contributed by atoms with Crippen LogP contribution in [0.15, 0.2) is 24.3 Å². The Balaban J connectivity index is -0.000000113. The first-order valence-corrected chi connectivity index (χ1v) is 9.16. The van der Waals surface area contributed by atoms with E-state index in [0.717, 1.165) is 39.3 Å².